The minimum absolute atomic E-state index is 0. The second kappa shape index (κ2) is 6.16. The van der Waals surface area contributed by atoms with E-state index < -0.39 is 5.92 Å². The summed E-state index contributed by atoms with van der Waals surface area (Å²) in [6.45, 7) is 1.55. The summed E-state index contributed by atoms with van der Waals surface area (Å²) in [6.07, 6.45) is 0.611. The molecule has 0 bridgehead atoms. The fourth-order valence-electron chi connectivity index (χ4n) is 0.0304. The third-order valence-corrected chi connectivity index (χ3v) is 0.408. The van der Waals surface area contributed by atoms with E-state index in [1.807, 2.05) is 0 Å². The van der Waals surface area contributed by atoms with Crippen molar-refractivity contribution < 1.29 is 4.79 Å². The maximum atomic E-state index is 9.51. The van der Waals surface area contributed by atoms with Crippen molar-refractivity contribution in [2.24, 2.45) is 5.92 Å². The molecule has 0 aromatic carbocycles. The second-order valence-corrected chi connectivity index (χ2v) is 1.05. The molecule has 0 aromatic rings. The van der Waals surface area contributed by atoms with Crippen LogP contribution in [0.2, 0.25) is 0 Å². The van der Waals surface area contributed by atoms with Gasteiger partial charge in [0.2, 0.25) is 0 Å². The van der Waals surface area contributed by atoms with Crippen LogP contribution in [0.1, 0.15) is 6.92 Å². The maximum absolute atomic E-state index is 9.51. The van der Waals surface area contributed by atoms with E-state index in [0.717, 1.165) is 0 Å². The van der Waals surface area contributed by atoms with E-state index in [4.69, 9.17) is 5.26 Å². The number of nitrogens with zero attached hydrogens (tertiary/aromatic N) is 1. The molecule has 1 unspecified atom stereocenters. The third kappa shape index (κ3) is 6.16. The summed E-state index contributed by atoms with van der Waals surface area (Å²) in [6, 6.07) is 1.75. The van der Waals surface area contributed by atoms with Crippen LogP contribution in [0.5, 0.6) is 0 Å². The van der Waals surface area contributed by atoms with Crippen LogP contribution >= 0.6 is 0 Å². The number of aldehydes is 1. The zero-order chi connectivity index (χ0) is 4.99. The first-order valence-electron chi connectivity index (χ1n) is 1.66. The standard InChI is InChI=1S/C4H5NO.Na.H/c1-4(2-5)3-6;;/h3-4H,1H3;;. The molecule has 0 aromatic heterocycles. The normalized spacial score (nSPS) is 10.3. The molecule has 2 nitrogen and oxygen atoms in total. The zero-order valence-corrected chi connectivity index (χ0v) is 3.51. The van der Waals surface area contributed by atoms with Gasteiger partial charge in [-0.2, -0.15) is 5.26 Å². The summed E-state index contributed by atoms with van der Waals surface area (Å²) in [5.41, 5.74) is 0. The summed E-state index contributed by atoms with van der Waals surface area (Å²) in [5, 5.41) is 7.85. The molecule has 0 aliphatic carbocycles. The predicted octanol–water partition coefficient (Wildman–Crippen LogP) is -0.304. The van der Waals surface area contributed by atoms with Gasteiger partial charge in [0.1, 0.15) is 6.29 Å². The first-order chi connectivity index (χ1) is 2.81. The first-order valence-corrected chi connectivity index (χ1v) is 1.66. The Bertz CT molecular complexity index is 86.2. The first kappa shape index (κ1) is 10.2. The fourth-order valence-corrected chi connectivity index (χ4v) is 0.0304. The van der Waals surface area contributed by atoms with Gasteiger partial charge in [0.15, 0.2) is 0 Å². The molecule has 0 saturated heterocycles. The molecule has 7 heavy (non-hydrogen) atoms. The van der Waals surface area contributed by atoms with E-state index in [2.05, 4.69) is 0 Å². The Labute approximate surface area is 64.8 Å². The number of rotatable bonds is 1. The Hall–Kier alpha value is 0.160. The van der Waals surface area contributed by atoms with Crippen LogP contribution in [0.4, 0.5) is 0 Å². The summed E-state index contributed by atoms with van der Waals surface area (Å²) in [7, 11) is 0. The summed E-state index contributed by atoms with van der Waals surface area (Å²) in [5.74, 6) is -0.440. The zero-order valence-electron chi connectivity index (χ0n) is 3.51. The molecule has 0 heterocycles. The number of hydrogen-bond acceptors (Lipinski definition) is 2. The van der Waals surface area contributed by atoms with E-state index >= 15 is 0 Å². The van der Waals surface area contributed by atoms with Gasteiger partial charge in [-0.3, -0.25) is 0 Å². The Morgan fingerprint density at radius 3 is 2.29 bits per heavy atom. The average Bonchev–Trinajstić information content (AvgIpc) is 1.65. The molecule has 0 radical (unpaired) electrons. The van der Waals surface area contributed by atoms with Gasteiger partial charge >= 0.3 is 29.6 Å². The Morgan fingerprint density at radius 2 is 2.29 bits per heavy atom. The molecule has 0 N–H and O–H groups in total. The van der Waals surface area contributed by atoms with Gasteiger partial charge in [-0.15, -0.1) is 0 Å². The third-order valence-electron chi connectivity index (χ3n) is 0.408. The molecule has 3 heteroatoms. The van der Waals surface area contributed by atoms with Crippen LogP contribution in [0.3, 0.4) is 0 Å². The number of carbonyl (C=O) groups excluding carboxylic acids is 1. The van der Waals surface area contributed by atoms with Crippen molar-refractivity contribution in [1.82, 2.24) is 0 Å². The van der Waals surface area contributed by atoms with Crippen LogP contribution in [0, 0.1) is 17.2 Å². The number of carbonyl (C=O) groups is 1. The van der Waals surface area contributed by atoms with Crippen molar-refractivity contribution in [3.05, 3.63) is 0 Å². The average molecular weight is 107 g/mol. The molecule has 0 fully saturated rings. The van der Waals surface area contributed by atoms with Gasteiger partial charge in [-0.25, -0.2) is 0 Å². The second-order valence-electron chi connectivity index (χ2n) is 1.05. The fraction of sp³-hybridized carbons (Fsp3) is 0.500. The molecule has 1 atom stereocenters. The molecule has 0 spiro atoms. The van der Waals surface area contributed by atoms with Gasteiger partial charge in [0, 0.05) is 0 Å². The summed E-state index contributed by atoms with van der Waals surface area (Å²) in [4.78, 5) is 9.51. The topological polar surface area (TPSA) is 40.9 Å². The van der Waals surface area contributed by atoms with Gasteiger partial charge in [-0.05, 0) is 6.92 Å². The molecule has 0 saturated carbocycles. The van der Waals surface area contributed by atoms with E-state index in [9.17, 15) is 4.79 Å². The van der Waals surface area contributed by atoms with E-state index in [1.165, 1.54) is 0 Å². The molecule has 0 aliphatic rings. The Kier molecular flexibility index (Phi) is 8.98. The summed E-state index contributed by atoms with van der Waals surface area (Å²) >= 11 is 0. The monoisotopic (exact) mass is 107 g/mol. The SMILES string of the molecule is CC(C#N)C=O.[NaH]. The summed E-state index contributed by atoms with van der Waals surface area (Å²) < 4.78 is 0. The van der Waals surface area contributed by atoms with Crippen molar-refractivity contribution in [3.8, 4) is 6.07 Å². The quantitative estimate of drug-likeness (QED) is 0.341. The van der Waals surface area contributed by atoms with Crippen LogP contribution < -0.4 is 0 Å². The van der Waals surface area contributed by atoms with Gasteiger partial charge in [0.05, 0.1) is 12.0 Å². The van der Waals surface area contributed by atoms with Gasteiger partial charge in [-0.1, -0.05) is 0 Å². The van der Waals surface area contributed by atoms with Crippen molar-refractivity contribution in [2.75, 3.05) is 0 Å². The van der Waals surface area contributed by atoms with Crippen molar-refractivity contribution >= 4 is 35.8 Å². The molecule has 0 rings (SSSR count). The van der Waals surface area contributed by atoms with Crippen LogP contribution in [-0.4, -0.2) is 35.8 Å². The molecule has 0 amide bonds. The van der Waals surface area contributed by atoms with Crippen LogP contribution in [-0.2, 0) is 4.79 Å². The van der Waals surface area contributed by atoms with Crippen LogP contribution in [0.15, 0.2) is 0 Å². The van der Waals surface area contributed by atoms with E-state index in [-0.39, 0.29) is 29.6 Å². The van der Waals surface area contributed by atoms with Crippen molar-refractivity contribution in [3.63, 3.8) is 0 Å². The number of hydrogen-bond donors (Lipinski definition) is 0. The minimum atomic E-state index is -0.440. The van der Waals surface area contributed by atoms with Crippen molar-refractivity contribution in [2.45, 2.75) is 6.92 Å². The molecule has 0 aliphatic heterocycles. The van der Waals surface area contributed by atoms with Gasteiger partial charge in [0.25, 0.3) is 0 Å². The van der Waals surface area contributed by atoms with E-state index in [0.29, 0.717) is 6.29 Å². The molecular weight excluding hydrogens is 101 g/mol. The van der Waals surface area contributed by atoms with Crippen LogP contribution in [0.25, 0.3) is 0 Å². The van der Waals surface area contributed by atoms with E-state index in [1.54, 1.807) is 13.0 Å². The molecular formula is C4H6NNaO. The van der Waals surface area contributed by atoms with Gasteiger partial charge < -0.3 is 4.79 Å². The van der Waals surface area contributed by atoms with Crippen molar-refractivity contribution in [1.29, 1.82) is 5.26 Å². The Balaban J connectivity index is 0. The molecule has 34 valence electrons. The number of nitriles is 1. The Morgan fingerprint density at radius 1 is 1.86 bits per heavy atom. The predicted molar refractivity (Wildman–Crippen MR) is 28.0 cm³/mol.